The molecule has 0 amide bonds. The summed E-state index contributed by atoms with van der Waals surface area (Å²) < 4.78 is 7.11. The Morgan fingerprint density at radius 3 is 2.82 bits per heavy atom. The van der Waals surface area contributed by atoms with Crippen LogP contribution in [0.1, 0.15) is 17.2 Å². The van der Waals surface area contributed by atoms with Gasteiger partial charge in [-0.05, 0) is 58.3 Å². The fourth-order valence-electron chi connectivity index (χ4n) is 2.55. The summed E-state index contributed by atoms with van der Waals surface area (Å²) >= 11 is 1.68. The molecule has 1 atom stereocenters. The molecule has 22 heavy (non-hydrogen) atoms. The summed E-state index contributed by atoms with van der Waals surface area (Å²) in [5, 5.41) is 11.9. The van der Waals surface area contributed by atoms with Gasteiger partial charge in [0.2, 0.25) is 5.95 Å². The van der Waals surface area contributed by atoms with Crippen LogP contribution < -0.4 is 10.1 Å². The highest BCUT2D eigenvalue weighted by atomic mass is 32.1. The smallest absolute Gasteiger partial charge is 0.226 e. The summed E-state index contributed by atoms with van der Waals surface area (Å²) in [5.74, 6) is 1.60. The highest BCUT2D eigenvalue weighted by molar-refractivity contribution is 7.08. The number of rotatable bonds is 3. The second-order valence-electron chi connectivity index (χ2n) is 4.96. The predicted molar refractivity (Wildman–Crippen MR) is 87.1 cm³/mol. The van der Waals surface area contributed by atoms with E-state index in [1.54, 1.807) is 24.8 Å². The number of nitrogens with one attached hydrogen (secondary N) is 1. The van der Waals surface area contributed by atoms with Crippen LogP contribution in [0.2, 0.25) is 0 Å². The SMILES string of the molecule is COc1ccc(C2=CC(c3ccsc3)n3ncnc3N2)cc1. The monoisotopic (exact) mass is 310 g/mol. The number of nitrogens with zero attached hydrogens (tertiary/aromatic N) is 3. The zero-order chi connectivity index (χ0) is 14.9. The summed E-state index contributed by atoms with van der Waals surface area (Å²) in [5.41, 5.74) is 3.33. The van der Waals surface area contributed by atoms with E-state index in [0.717, 1.165) is 23.0 Å². The van der Waals surface area contributed by atoms with E-state index in [1.807, 2.05) is 28.9 Å². The first-order chi connectivity index (χ1) is 10.8. The molecule has 1 aliphatic heterocycles. The maximum atomic E-state index is 5.22. The maximum Gasteiger partial charge on any atom is 0.226 e. The lowest BCUT2D eigenvalue weighted by Crippen LogP contribution is -2.19. The van der Waals surface area contributed by atoms with Gasteiger partial charge in [-0.15, -0.1) is 0 Å². The van der Waals surface area contributed by atoms with Gasteiger partial charge in [-0.1, -0.05) is 0 Å². The van der Waals surface area contributed by atoms with Crippen molar-refractivity contribution >= 4 is 23.0 Å². The van der Waals surface area contributed by atoms with E-state index >= 15 is 0 Å². The number of hydrogen-bond donors (Lipinski definition) is 1. The molecule has 5 nitrogen and oxygen atoms in total. The van der Waals surface area contributed by atoms with Crippen molar-refractivity contribution in [2.75, 3.05) is 12.4 Å². The van der Waals surface area contributed by atoms with Crippen LogP contribution in [-0.2, 0) is 0 Å². The molecule has 1 N–H and O–H groups in total. The summed E-state index contributed by atoms with van der Waals surface area (Å²) in [6.07, 6.45) is 3.75. The van der Waals surface area contributed by atoms with Crippen LogP contribution in [0, 0.1) is 0 Å². The average molecular weight is 310 g/mol. The Bertz CT molecular complexity index is 805. The van der Waals surface area contributed by atoms with Gasteiger partial charge in [-0.2, -0.15) is 21.4 Å². The number of anilines is 1. The van der Waals surface area contributed by atoms with E-state index in [1.165, 1.54) is 5.56 Å². The molecule has 0 spiro atoms. The van der Waals surface area contributed by atoms with E-state index in [0.29, 0.717) is 0 Å². The Kier molecular flexibility index (Phi) is 3.16. The van der Waals surface area contributed by atoms with Gasteiger partial charge in [0.15, 0.2) is 0 Å². The summed E-state index contributed by atoms with van der Waals surface area (Å²) in [7, 11) is 1.67. The van der Waals surface area contributed by atoms with Crippen LogP contribution in [0.5, 0.6) is 5.75 Å². The molecule has 3 aromatic rings. The first-order valence-corrected chi connectivity index (χ1v) is 7.84. The van der Waals surface area contributed by atoms with Crippen LogP contribution in [0.4, 0.5) is 5.95 Å². The molecule has 1 aliphatic rings. The third-order valence-electron chi connectivity index (χ3n) is 3.69. The molecule has 0 aliphatic carbocycles. The van der Waals surface area contributed by atoms with Gasteiger partial charge >= 0.3 is 0 Å². The van der Waals surface area contributed by atoms with Crippen molar-refractivity contribution < 1.29 is 4.74 Å². The number of allylic oxidation sites excluding steroid dienone is 1. The molecule has 4 rings (SSSR count). The first kappa shape index (κ1) is 13.1. The zero-order valence-electron chi connectivity index (χ0n) is 11.9. The number of ether oxygens (including phenoxy) is 1. The van der Waals surface area contributed by atoms with Crippen LogP contribution in [0.3, 0.4) is 0 Å². The second-order valence-corrected chi connectivity index (χ2v) is 5.74. The van der Waals surface area contributed by atoms with Crippen molar-refractivity contribution in [1.82, 2.24) is 14.8 Å². The molecule has 6 heteroatoms. The third kappa shape index (κ3) is 2.17. The molecule has 3 heterocycles. The Hall–Kier alpha value is -2.60. The van der Waals surface area contributed by atoms with Gasteiger partial charge in [0.25, 0.3) is 0 Å². The largest absolute Gasteiger partial charge is 0.497 e. The topological polar surface area (TPSA) is 52.0 Å². The lowest BCUT2D eigenvalue weighted by atomic mass is 10.0. The Morgan fingerprint density at radius 1 is 1.23 bits per heavy atom. The van der Waals surface area contributed by atoms with Gasteiger partial charge < -0.3 is 10.1 Å². The van der Waals surface area contributed by atoms with Gasteiger partial charge in [0.1, 0.15) is 18.1 Å². The highest BCUT2D eigenvalue weighted by Gasteiger charge is 2.23. The molecule has 0 fully saturated rings. The second kappa shape index (κ2) is 5.31. The lowest BCUT2D eigenvalue weighted by molar-refractivity contribution is 0.415. The number of hydrogen-bond acceptors (Lipinski definition) is 5. The fraction of sp³-hybridized carbons (Fsp3) is 0.125. The van der Waals surface area contributed by atoms with Gasteiger partial charge in [0.05, 0.1) is 7.11 Å². The molecule has 0 saturated heterocycles. The Labute approximate surface area is 131 Å². The molecular formula is C16H14N4OS. The van der Waals surface area contributed by atoms with E-state index in [4.69, 9.17) is 4.74 Å². The van der Waals surface area contributed by atoms with E-state index in [2.05, 4.69) is 38.3 Å². The minimum atomic E-state index is 0.0575. The Balaban J connectivity index is 1.76. The molecule has 1 unspecified atom stereocenters. The number of methoxy groups -OCH3 is 1. The number of benzene rings is 1. The number of aromatic nitrogens is 3. The lowest BCUT2D eigenvalue weighted by Gasteiger charge is -2.23. The quantitative estimate of drug-likeness (QED) is 0.805. The van der Waals surface area contributed by atoms with Crippen molar-refractivity contribution in [3.05, 3.63) is 64.6 Å². The van der Waals surface area contributed by atoms with E-state index in [9.17, 15) is 0 Å². The van der Waals surface area contributed by atoms with Crippen molar-refractivity contribution in [2.45, 2.75) is 6.04 Å². The normalized spacial score (nSPS) is 16.6. The van der Waals surface area contributed by atoms with Gasteiger partial charge in [-0.25, -0.2) is 4.68 Å². The molecule has 110 valence electrons. The summed E-state index contributed by atoms with van der Waals surface area (Å²) in [6, 6.07) is 10.2. The molecule has 1 aromatic carbocycles. The van der Waals surface area contributed by atoms with Gasteiger partial charge in [-0.3, -0.25) is 0 Å². The summed E-state index contributed by atoms with van der Waals surface area (Å²) in [4.78, 5) is 4.30. The zero-order valence-corrected chi connectivity index (χ0v) is 12.7. The number of fused-ring (bicyclic) bond motifs is 1. The van der Waals surface area contributed by atoms with E-state index < -0.39 is 0 Å². The molecular weight excluding hydrogens is 296 g/mol. The van der Waals surface area contributed by atoms with Crippen LogP contribution >= 0.6 is 11.3 Å². The average Bonchev–Trinajstić information content (AvgIpc) is 3.25. The standard InChI is InChI=1S/C16H14N4OS/c1-21-13-4-2-11(3-5-13)14-8-15(12-6-7-22-9-12)20-16(19-14)17-10-18-20/h2-10,15H,1H3,(H,17,18,19). The molecule has 0 saturated carbocycles. The maximum absolute atomic E-state index is 5.22. The summed E-state index contributed by atoms with van der Waals surface area (Å²) in [6.45, 7) is 0. The van der Waals surface area contributed by atoms with Crippen LogP contribution in [-0.4, -0.2) is 21.9 Å². The third-order valence-corrected chi connectivity index (χ3v) is 4.39. The van der Waals surface area contributed by atoms with Crippen LogP contribution in [0.25, 0.3) is 5.70 Å². The van der Waals surface area contributed by atoms with Gasteiger partial charge in [0, 0.05) is 5.70 Å². The van der Waals surface area contributed by atoms with Crippen molar-refractivity contribution in [3.63, 3.8) is 0 Å². The number of thiophene rings is 1. The fourth-order valence-corrected chi connectivity index (χ4v) is 3.24. The molecule has 0 radical (unpaired) electrons. The van der Waals surface area contributed by atoms with Crippen LogP contribution in [0.15, 0.2) is 53.5 Å². The predicted octanol–water partition coefficient (Wildman–Crippen LogP) is 3.40. The van der Waals surface area contributed by atoms with Crippen molar-refractivity contribution in [1.29, 1.82) is 0 Å². The van der Waals surface area contributed by atoms with Crippen molar-refractivity contribution in [3.8, 4) is 5.75 Å². The molecule has 0 bridgehead atoms. The van der Waals surface area contributed by atoms with E-state index in [-0.39, 0.29) is 6.04 Å². The first-order valence-electron chi connectivity index (χ1n) is 6.90. The minimum Gasteiger partial charge on any atom is -0.497 e. The Morgan fingerprint density at radius 2 is 2.09 bits per heavy atom. The highest BCUT2D eigenvalue weighted by Crippen LogP contribution is 2.33. The molecule has 2 aromatic heterocycles. The van der Waals surface area contributed by atoms with Crippen molar-refractivity contribution in [2.24, 2.45) is 0 Å². The minimum absolute atomic E-state index is 0.0575.